The molecule has 2 aliphatic heterocycles. The van der Waals surface area contributed by atoms with E-state index in [2.05, 4.69) is 24.0 Å². The second-order valence-electron chi connectivity index (χ2n) is 8.51. The second-order valence-corrected chi connectivity index (χ2v) is 8.51. The zero-order valence-electron chi connectivity index (χ0n) is 18.5. The number of carbonyl (C=O) groups is 2. The topological polar surface area (TPSA) is 58.4 Å². The lowest BCUT2D eigenvalue weighted by Gasteiger charge is -2.26. The van der Waals surface area contributed by atoms with Gasteiger partial charge in [0.1, 0.15) is 0 Å². The van der Waals surface area contributed by atoms with E-state index in [1.165, 1.54) is 0 Å². The van der Waals surface area contributed by atoms with Crippen molar-refractivity contribution in [3.63, 3.8) is 0 Å². The molecule has 0 spiro atoms. The van der Waals surface area contributed by atoms with Gasteiger partial charge in [-0.15, -0.1) is 0 Å². The Morgan fingerprint density at radius 3 is 2.30 bits per heavy atom. The van der Waals surface area contributed by atoms with Crippen molar-refractivity contribution in [2.75, 3.05) is 19.6 Å². The lowest BCUT2D eigenvalue weighted by molar-refractivity contribution is -0.126. The maximum atomic E-state index is 13.3. The monoisotopic (exact) mass is 438 g/mol. The van der Waals surface area contributed by atoms with Crippen LogP contribution in [0.5, 0.6) is 0 Å². The predicted molar refractivity (Wildman–Crippen MR) is 125 cm³/mol. The highest BCUT2D eigenvalue weighted by atomic mass is 16.2. The number of hydrogen-bond donors (Lipinski definition) is 0. The van der Waals surface area contributed by atoms with Gasteiger partial charge in [-0.1, -0.05) is 54.5 Å². The zero-order chi connectivity index (χ0) is 22.6. The number of hydrogen-bond acceptors (Lipinski definition) is 3. The normalized spacial score (nSPS) is 15.0. The molecule has 6 heteroatoms. The molecule has 0 N–H and O–H groups in total. The van der Waals surface area contributed by atoms with Gasteiger partial charge in [-0.05, 0) is 30.5 Å². The SMILES string of the molecule is O=C(C#Cc1ccccc1)N1CCc2c(c(C(=O)N3CCCC3)nn2Cc2ccccc2)C1. The minimum Gasteiger partial charge on any atom is -0.337 e. The summed E-state index contributed by atoms with van der Waals surface area (Å²) in [6.45, 7) is 3.07. The number of likely N-dealkylation sites (tertiary alicyclic amines) is 1. The molecule has 0 aliphatic carbocycles. The fourth-order valence-electron chi connectivity index (χ4n) is 4.52. The summed E-state index contributed by atoms with van der Waals surface area (Å²) in [5, 5.41) is 4.77. The highest BCUT2D eigenvalue weighted by Gasteiger charge is 2.32. The van der Waals surface area contributed by atoms with Crippen LogP contribution in [0.3, 0.4) is 0 Å². The Morgan fingerprint density at radius 1 is 0.879 bits per heavy atom. The summed E-state index contributed by atoms with van der Waals surface area (Å²) in [5.41, 5.74) is 4.33. The van der Waals surface area contributed by atoms with E-state index in [1.807, 2.05) is 58.1 Å². The van der Waals surface area contributed by atoms with Crippen molar-refractivity contribution < 1.29 is 9.59 Å². The highest BCUT2D eigenvalue weighted by Crippen LogP contribution is 2.26. The van der Waals surface area contributed by atoms with Gasteiger partial charge in [0.25, 0.3) is 11.8 Å². The van der Waals surface area contributed by atoms with Crippen molar-refractivity contribution in [3.8, 4) is 11.8 Å². The van der Waals surface area contributed by atoms with Gasteiger partial charge >= 0.3 is 0 Å². The molecule has 3 aromatic rings. The quantitative estimate of drug-likeness (QED) is 0.591. The van der Waals surface area contributed by atoms with Crippen molar-refractivity contribution in [2.45, 2.75) is 32.4 Å². The van der Waals surface area contributed by atoms with Gasteiger partial charge in [-0.3, -0.25) is 14.3 Å². The Kier molecular flexibility index (Phi) is 5.95. The number of rotatable bonds is 3. The standard InChI is InChI=1S/C27H26N4O2/c32-25(14-13-21-9-3-1-4-10-21)30-18-15-24-23(20-30)26(27(33)29-16-7-8-17-29)28-31(24)19-22-11-5-2-6-12-22/h1-6,9-12H,7-8,15-20H2. The minimum absolute atomic E-state index is 0.0276. The van der Waals surface area contributed by atoms with E-state index >= 15 is 0 Å². The van der Waals surface area contributed by atoms with Gasteiger partial charge in [0, 0.05) is 48.8 Å². The Balaban J connectivity index is 1.43. The average molecular weight is 439 g/mol. The molecule has 166 valence electrons. The Bertz CT molecular complexity index is 1220. The van der Waals surface area contributed by atoms with Gasteiger partial charge in [0.05, 0.1) is 13.1 Å². The lowest BCUT2D eigenvalue weighted by atomic mass is 10.0. The molecule has 2 aromatic carbocycles. The van der Waals surface area contributed by atoms with Gasteiger partial charge in [0.15, 0.2) is 5.69 Å². The Morgan fingerprint density at radius 2 is 1.58 bits per heavy atom. The molecule has 1 saturated heterocycles. The van der Waals surface area contributed by atoms with Crippen LogP contribution in [0, 0.1) is 11.8 Å². The van der Waals surface area contributed by atoms with E-state index in [4.69, 9.17) is 5.10 Å². The molecule has 1 fully saturated rings. The van der Waals surface area contributed by atoms with Crippen LogP contribution in [0.2, 0.25) is 0 Å². The van der Waals surface area contributed by atoms with Crippen LogP contribution >= 0.6 is 0 Å². The molecule has 1 aromatic heterocycles. The molecule has 5 rings (SSSR count). The molecule has 2 amide bonds. The molecule has 2 aliphatic rings. The molecule has 6 nitrogen and oxygen atoms in total. The minimum atomic E-state index is -0.222. The first kappa shape index (κ1) is 21.0. The van der Waals surface area contributed by atoms with Gasteiger partial charge < -0.3 is 9.80 Å². The van der Waals surface area contributed by atoms with Crippen LogP contribution in [0.25, 0.3) is 0 Å². The number of amides is 2. The van der Waals surface area contributed by atoms with Crippen LogP contribution in [-0.4, -0.2) is 51.0 Å². The molecule has 33 heavy (non-hydrogen) atoms. The maximum Gasteiger partial charge on any atom is 0.299 e. The van der Waals surface area contributed by atoms with Gasteiger partial charge in [-0.25, -0.2) is 0 Å². The molecular weight excluding hydrogens is 412 g/mol. The van der Waals surface area contributed by atoms with Crippen LogP contribution < -0.4 is 0 Å². The lowest BCUT2D eigenvalue weighted by Crippen LogP contribution is -2.37. The number of carbonyl (C=O) groups excluding carboxylic acids is 2. The number of benzene rings is 2. The van der Waals surface area contributed by atoms with E-state index in [-0.39, 0.29) is 11.8 Å². The summed E-state index contributed by atoms with van der Waals surface area (Å²) in [6, 6.07) is 19.6. The van der Waals surface area contributed by atoms with Crippen LogP contribution in [-0.2, 0) is 24.3 Å². The number of fused-ring (bicyclic) bond motifs is 1. The molecule has 0 saturated carbocycles. The fourth-order valence-corrected chi connectivity index (χ4v) is 4.52. The molecule has 0 radical (unpaired) electrons. The third-order valence-corrected chi connectivity index (χ3v) is 6.28. The van der Waals surface area contributed by atoms with E-state index in [0.29, 0.717) is 31.7 Å². The van der Waals surface area contributed by atoms with Crippen LogP contribution in [0.4, 0.5) is 0 Å². The summed E-state index contributed by atoms with van der Waals surface area (Å²) in [6.07, 6.45) is 2.71. The molecule has 0 atom stereocenters. The third-order valence-electron chi connectivity index (χ3n) is 6.28. The van der Waals surface area contributed by atoms with Crippen molar-refractivity contribution in [1.29, 1.82) is 0 Å². The molecular formula is C27H26N4O2. The molecule has 3 heterocycles. The zero-order valence-corrected chi connectivity index (χ0v) is 18.5. The van der Waals surface area contributed by atoms with Gasteiger partial charge in [-0.2, -0.15) is 5.10 Å². The fraction of sp³-hybridized carbons (Fsp3) is 0.296. The molecule has 0 bridgehead atoms. The van der Waals surface area contributed by atoms with E-state index in [0.717, 1.165) is 48.3 Å². The summed E-state index contributed by atoms with van der Waals surface area (Å²) >= 11 is 0. The Hall–Kier alpha value is -3.85. The number of aromatic nitrogens is 2. The third kappa shape index (κ3) is 4.54. The van der Waals surface area contributed by atoms with Crippen molar-refractivity contribution in [2.24, 2.45) is 0 Å². The first-order valence-electron chi connectivity index (χ1n) is 11.5. The van der Waals surface area contributed by atoms with Gasteiger partial charge in [0.2, 0.25) is 0 Å². The summed E-state index contributed by atoms with van der Waals surface area (Å²) in [4.78, 5) is 29.7. The summed E-state index contributed by atoms with van der Waals surface area (Å²) in [7, 11) is 0. The first-order chi connectivity index (χ1) is 16.2. The first-order valence-corrected chi connectivity index (χ1v) is 11.5. The van der Waals surface area contributed by atoms with Crippen LogP contribution in [0.1, 0.15) is 45.7 Å². The van der Waals surface area contributed by atoms with Crippen molar-refractivity contribution in [3.05, 3.63) is 88.7 Å². The predicted octanol–water partition coefficient (Wildman–Crippen LogP) is 3.10. The maximum absolute atomic E-state index is 13.3. The number of nitrogens with zero attached hydrogens (tertiary/aromatic N) is 4. The largest absolute Gasteiger partial charge is 0.337 e. The van der Waals surface area contributed by atoms with Crippen molar-refractivity contribution >= 4 is 11.8 Å². The highest BCUT2D eigenvalue weighted by molar-refractivity contribution is 5.96. The smallest absolute Gasteiger partial charge is 0.299 e. The second kappa shape index (κ2) is 9.33. The van der Waals surface area contributed by atoms with Crippen LogP contribution in [0.15, 0.2) is 60.7 Å². The summed E-state index contributed by atoms with van der Waals surface area (Å²) < 4.78 is 1.95. The summed E-state index contributed by atoms with van der Waals surface area (Å²) in [5.74, 6) is 5.46. The van der Waals surface area contributed by atoms with E-state index in [1.54, 1.807) is 4.90 Å². The Labute approximate surface area is 193 Å². The van der Waals surface area contributed by atoms with E-state index < -0.39 is 0 Å². The van der Waals surface area contributed by atoms with Crippen molar-refractivity contribution in [1.82, 2.24) is 19.6 Å². The average Bonchev–Trinajstić information content (AvgIpc) is 3.52. The molecule has 0 unspecified atom stereocenters. The van der Waals surface area contributed by atoms with E-state index in [9.17, 15) is 9.59 Å².